The van der Waals surface area contributed by atoms with E-state index in [-0.39, 0.29) is 5.82 Å². The zero-order valence-electron chi connectivity index (χ0n) is 20.4. The lowest BCUT2D eigenvalue weighted by molar-refractivity contribution is -0.140. The number of aromatic nitrogens is 6. The van der Waals surface area contributed by atoms with Gasteiger partial charge >= 0.3 is 6.18 Å². The molecular weight excluding hydrogens is 465 g/mol. The van der Waals surface area contributed by atoms with Crippen molar-refractivity contribution in [2.45, 2.75) is 39.4 Å². The van der Waals surface area contributed by atoms with Gasteiger partial charge in [0.15, 0.2) is 17.2 Å². The van der Waals surface area contributed by atoms with E-state index >= 15 is 0 Å². The molecule has 0 spiro atoms. The largest absolute Gasteiger partial charge is 0.434 e. The molecule has 0 saturated heterocycles. The first-order valence-corrected chi connectivity index (χ1v) is 11.6. The molecule has 5 aromatic rings. The molecule has 36 heavy (non-hydrogen) atoms. The molecule has 0 amide bonds. The number of halogens is 3. The lowest BCUT2D eigenvalue weighted by Crippen LogP contribution is -2.05. The number of rotatable bonds is 5. The molecule has 0 atom stereocenters. The first kappa shape index (κ1) is 23.7. The van der Waals surface area contributed by atoms with E-state index in [2.05, 4.69) is 30.0 Å². The van der Waals surface area contributed by atoms with Gasteiger partial charge in [0.25, 0.3) is 0 Å². The van der Waals surface area contributed by atoms with Crippen LogP contribution in [-0.4, -0.2) is 29.3 Å². The van der Waals surface area contributed by atoms with Gasteiger partial charge in [-0.2, -0.15) is 18.3 Å². The van der Waals surface area contributed by atoms with Crippen LogP contribution >= 0.6 is 0 Å². The van der Waals surface area contributed by atoms with Gasteiger partial charge in [-0.15, -0.1) is 0 Å². The molecule has 5 rings (SSSR count). The van der Waals surface area contributed by atoms with Crippen molar-refractivity contribution in [3.05, 3.63) is 83.4 Å². The molecule has 6 nitrogen and oxygen atoms in total. The summed E-state index contributed by atoms with van der Waals surface area (Å²) in [5, 5.41) is 5.42. The molecular formula is C27H25F3N6. The highest BCUT2D eigenvalue weighted by Crippen LogP contribution is 2.31. The van der Waals surface area contributed by atoms with Gasteiger partial charge in [0.2, 0.25) is 0 Å². The Hall–Kier alpha value is -4.01. The van der Waals surface area contributed by atoms with Gasteiger partial charge < -0.3 is 4.57 Å². The average Bonchev–Trinajstić information content (AvgIpc) is 3.43. The minimum atomic E-state index is -4.48. The smallest absolute Gasteiger partial charge is 0.333 e. The Morgan fingerprint density at radius 3 is 2.33 bits per heavy atom. The van der Waals surface area contributed by atoms with E-state index in [9.17, 15) is 13.2 Å². The predicted molar refractivity (Wildman–Crippen MR) is 132 cm³/mol. The maximum Gasteiger partial charge on any atom is 0.434 e. The van der Waals surface area contributed by atoms with Crippen molar-refractivity contribution in [3.8, 4) is 22.8 Å². The van der Waals surface area contributed by atoms with Gasteiger partial charge in [0.1, 0.15) is 5.82 Å². The quantitative estimate of drug-likeness (QED) is 0.286. The fourth-order valence-electron chi connectivity index (χ4n) is 4.34. The predicted octanol–water partition coefficient (Wildman–Crippen LogP) is 6.39. The minimum absolute atomic E-state index is 0.259. The van der Waals surface area contributed by atoms with E-state index in [1.54, 1.807) is 25.4 Å². The van der Waals surface area contributed by atoms with Crippen molar-refractivity contribution in [1.82, 2.24) is 29.3 Å². The van der Waals surface area contributed by atoms with Crippen LogP contribution in [0.15, 0.2) is 60.9 Å². The number of fused-ring (bicyclic) bond motifs is 1. The first-order chi connectivity index (χ1) is 17.1. The monoisotopic (exact) mass is 490 g/mol. The highest BCUT2D eigenvalue weighted by Gasteiger charge is 2.34. The summed E-state index contributed by atoms with van der Waals surface area (Å²) in [6.45, 7) is 6.70. The number of hydrogen-bond donors (Lipinski definition) is 0. The maximum atomic E-state index is 13.0. The van der Waals surface area contributed by atoms with Crippen LogP contribution in [0.3, 0.4) is 0 Å². The Bertz CT molecular complexity index is 1540. The standard InChI is InChI=1S/C27H25F3N6/c1-16(2)20-7-5-6-8-21(20)24-32-17(3)22-13-31-36(26(22)34-24)14-18-9-11-19(12-10-18)25-33-23(15-35(25)4)27(28,29)30/h5-13,15-16H,14H2,1-4H3. The molecule has 2 aromatic carbocycles. The fourth-order valence-corrected chi connectivity index (χ4v) is 4.34. The molecule has 9 heteroatoms. The van der Waals surface area contributed by atoms with E-state index in [1.165, 1.54) is 10.1 Å². The summed E-state index contributed by atoms with van der Waals surface area (Å²) >= 11 is 0. The molecule has 0 fully saturated rings. The second kappa shape index (κ2) is 8.89. The Morgan fingerprint density at radius 2 is 1.67 bits per heavy atom. The summed E-state index contributed by atoms with van der Waals surface area (Å²) in [5.41, 5.74) is 4.41. The molecule has 0 unspecified atom stereocenters. The zero-order valence-corrected chi connectivity index (χ0v) is 20.4. The highest BCUT2D eigenvalue weighted by atomic mass is 19.4. The van der Waals surface area contributed by atoms with E-state index < -0.39 is 11.9 Å². The fraction of sp³-hybridized carbons (Fsp3) is 0.259. The van der Waals surface area contributed by atoms with Crippen LogP contribution < -0.4 is 0 Å². The van der Waals surface area contributed by atoms with Gasteiger partial charge in [-0.3, -0.25) is 0 Å². The Kier molecular flexibility index (Phi) is 5.86. The lowest BCUT2D eigenvalue weighted by Gasteiger charge is -2.12. The molecule has 3 heterocycles. The second-order valence-electron chi connectivity index (χ2n) is 9.17. The first-order valence-electron chi connectivity index (χ1n) is 11.6. The Morgan fingerprint density at radius 1 is 0.944 bits per heavy atom. The molecule has 184 valence electrons. The van der Waals surface area contributed by atoms with E-state index in [0.29, 0.717) is 23.9 Å². The van der Waals surface area contributed by atoms with Crippen molar-refractivity contribution in [2.24, 2.45) is 7.05 Å². The van der Waals surface area contributed by atoms with Crippen LogP contribution in [0.25, 0.3) is 33.8 Å². The summed E-state index contributed by atoms with van der Waals surface area (Å²) in [6, 6.07) is 15.4. The van der Waals surface area contributed by atoms with Crippen LogP contribution in [0.4, 0.5) is 13.2 Å². The van der Waals surface area contributed by atoms with Gasteiger partial charge in [-0.1, -0.05) is 62.4 Å². The van der Waals surface area contributed by atoms with E-state index in [4.69, 9.17) is 9.97 Å². The third-order valence-electron chi connectivity index (χ3n) is 6.22. The number of nitrogens with zero attached hydrogens (tertiary/aromatic N) is 6. The van der Waals surface area contributed by atoms with Crippen LogP contribution in [-0.2, 0) is 19.8 Å². The van der Waals surface area contributed by atoms with Crippen molar-refractivity contribution >= 4 is 11.0 Å². The molecule has 0 saturated carbocycles. The zero-order chi connectivity index (χ0) is 25.6. The summed E-state index contributed by atoms with van der Waals surface area (Å²) in [4.78, 5) is 13.4. The summed E-state index contributed by atoms with van der Waals surface area (Å²) in [7, 11) is 1.55. The number of imidazole rings is 1. The van der Waals surface area contributed by atoms with Crippen LogP contribution in [0, 0.1) is 6.92 Å². The van der Waals surface area contributed by atoms with Crippen LogP contribution in [0.1, 0.15) is 42.3 Å². The number of benzene rings is 2. The number of hydrogen-bond acceptors (Lipinski definition) is 4. The van der Waals surface area contributed by atoms with E-state index in [1.807, 2.05) is 41.9 Å². The summed E-state index contributed by atoms with van der Waals surface area (Å²) < 4.78 is 42.3. The average molecular weight is 491 g/mol. The van der Waals surface area contributed by atoms with Crippen LogP contribution in [0.2, 0.25) is 0 Å². The number of alkyl halides is 3. The second-order valence-corrected chi connectivity index (χ2v) is 9.17. The normalized spacial score (nSPS) is 12.1. The van der Waals surface area contributed by atoms with Gasteiger partial charge in [-0.05, 0) is 24.0 Å². The Labute approximate surface area is 206 Å². The van der Waals surface area contributed by atoms with E-state index in [0.717, 1.165) is 34.1 Å². The third kappa shape index (κ3) is 4.36. The lowest BCUT2D eigenvalue weighted by atomic mass is 9.97. The summed E-state index contributed by atoms with van der Waals surface area (Å²) in [5.74, 6) is 1.25. The SMILES string of the molecule is Cc1nc(-c2ccccc2C(C)C)nc2c1cnn2Cc1ccc(-c2nc(C(F)(F)F)cn2C)cc1. The van der Waals surface area contributed by atoms with Gasteiger partial charge in [0, 0.05) is 24.4 Å². The molecule has 0 aliphatic heterocycles. The van der Waals surface area contributed by atoms with Crippen molar-refractivity contribution < 1.29 is 13.2 Å². The summed E-state index contributed by atoms with van der Waals surface area (Å²) in [6.07, 6.45) is -1.72. The molecule has 0 bridgehead atoms. The molecule has 0 radical (unpaired) electrons. The van der Waals surface area contributed by atoms with Crippen molar-refractivity contribution in [3.63, 3.8) is 0 Å². The van der Waals surface area contributed by atoms with Crippen LogP contribution in [0.5, 0.6) is 0 Å². The highest BCUT2D eigenvalue weighted by molar-refractivity contribution is 5.80. The maximum absolute atomic E-state index is 13.0. The van der Waals surface area contributed by atoms with Crippen molar-refractivity contribution in [2.75, 3.05) is 0 Å². The Balaban J connectivity index is 1.47. The number of aryl methyl sites for hydroxylation is 2. The van der Waals surface area contributed by atoms with Gasteiger partial charge in [-0.25, -0.2) is 19.6 Å². The topological polar surface area (TPSA) is 61.4 Å². The molecule has 0 N–H and O–H groups in total. The minimum Gasteiger partial charge on any atom is -0.333 e. The molecule has 3 aromatic heterocycles. The van der Waals surface area contributed by atoms with Crippen molar-refractivity contribution in [1.29, 1.82) is 0 Å². The van der Waals surface area contributed by atoms with Gasteiger partial charge in [0.05, 0.1) is 23.8 Å². The third-order valence-corrected chi connectivity index (χ3v) is 6.22. The molecule has 0 aliphatic rings. The molecule has 0 aliphatic carbocycles.